The largest absolute Gasteiger partial charge is 0.421 e. The number of aromatic nitrogens is 7. The Balaban J connectivity index is 1.49. The fraction of sp³-hybridized carbons (Fsp3) is 0.250. The summed E-state index contributed by atoms with van der Waals surface area (Å²) >= 11 is 6.45. The number of pyridine rings is 1. The number of hydrogen-bond acceptors (Lipinski definition) is 9. The number of anilines is 2. The normalized spacial score (nSPS) is 14.3. The van der Waals surface area contributed by atoms with Gasteiger partial charge in [0.15, 0.2) is 5.82 Å². The maximum atomic E-state index is 13.8. The monoisotopic (exact) mass is 503 g/mol. The minimum atomic E-state index is -0.417. The molecule has 1 atom stereocenters. The average Bonchev–Trinajstić information content (AvgIpc) is 3.43. The van der Waals surface area contributed by atoms with Crippen LogP contribution >= 0.6 is 11.6 Å². The first-order valence-electron chi connectivity index (χ1n) is 11.5. The zero-order chi connectivity index (χ0) is 25.0. The predicted molar refractivity (Wildman–Crippen MR) is 135 cm³/mol. The van der Waals surface area contributed by atoms with E-state index in [1.54, 1.807) is 17.6 Å². The lowest BCUT2D eigenvalue weighted by Crippen LogP contribution is -2.26. The van der Waals surface area contributed by atoms with Gasteiger partial charge < -0.3 is 15.5 Å². The van der Waals surface area contributed by atoms with E-state index >= 15 is 0 Å². The molecule has 0 saturated heterocycles. The first-order chi connectivity index (χ1) is 17.4. The maximum absolute atomic E-state index is 13.8. The summed E-state index contributed by atoms with van der Waals surface area (Å²) in [5.74, 6) is 2.12. The van der Waals surface area contributed by atoms with E-state index in [0.29, 0.717) is 45.1 Å². The van der Waals surface area contributed by atoms with E-state index < -0.39 is 6.04 Å². The van der Waals surface area contributed by atoms with Crippen LogP contribution in [0.15, 0.2) is 45.9 Å². The molecule has 1 aliphatic rings. The molecule has 4 aromatic heterocycles. The molecule has 1 saturated carbocycles. The lowest BCUT2D eigenvalue weighted by atomic mass is 10.1. The van der Waals surface area contributed by atoms with Crippen molar-refractivity contribution in [1.29, 1.82) is 0 Å². The van der Waals surface area contributed by atoms with E-state index in [1.807, 2.05) is 31.2 Å². The number of benzene rings is 1. The summed E-state index contributed by atoms with van der Waals surface area (Å²) < 4.78 is 7.16. The van der Waals surface area contributed by atoms with Crippen molar-refractivity contribution in [3.05, 3.63) is 69.3 Å². The van der Waals surface area contributed by atoms with Crippen molar-refractivity contribution >= 4 is 34.0 Å². The smallest absolute Gasteiger partial charge is 0.266 e. The SMILES string of the molecule is Cc1nnc(-c2c(N)ncnc2NC(C)c2cc3cccc(Cl)c3c(=O)n2-c2cc(C3CC3)[nH]n2)o1. The van der Waals surface area contributed by atoms with Gasteiger partial charge in [-0.3, -0.25) is 14.5 Å². The van der Waals surface area contributed by atoms with E-state index in [4.69, 9.17) is 21.8 Å². The molecule has 36 heavy (non-hydrogen) atoms. The van der Waals surface area contributed by atoms with Gasteiger partial charge in [0.05, 0.1) is 22.1 Å². The Bertz CT molecular complexity index is 1670. The molecule has 0 amide bonds. The Morgan fingerprint density at radius 1 is 1.25 bits per heavy atom. The van der Waals surface area contributed by atoms with Gasteiger partial charge in [-0.1, -0.05) is 23.7 Å². The lowest BCUT2D eigenvalue weighted by molar-refractivity contribution is 0.532. The summed E-state index contributed by atoms with van der Waals surface area (Å²) in [5.41, 5.74) is 7.95. The molecule has 6 rings (SSSR count). The van der Waals surface area contributed by atoms with Gasteiger partial charge in [0.25, 0.3) is 11.4 Å². The molecule has 1 unspecified atom stereocenters. The Kier molecular flexibility index (Phi) is 5.22. The average molecular weight is 504 g/mol. The highest BCUT2D eigenvalue weighted by molar-refractivity contribution is 6.35. The molecule has 11 nitrogen and oxygen atoms in total. The summed E-state index contributed by atoms with van der Waals surface area (Å²) in [5, 5.41) is 20.4. The Morgan fingerprint density at radius 3 is 2.83 bits per heavy atom. The Morgan fingerprint density at radius 2 is 2.08 bits per heavy atom. The first-order valence-corrected chi connectivity index (χ1v) is 11.9. The molecule has 5 aromatic rings. The minimum Gasteiger partial charge on any atom is -0.421 e. The number of hydrogen-bond donors (Lipinski definition) is 3. The van der Waals surface area contributed by atoms with Crippen molar-refractivity contribution in [3.8, 4) is 17.3 Å². The molecule has 182 valence electrons. The summed E-state index contributed by atoms with van der Waals surface area (Å²) in [4.78, 5) is 22.2. The third-order valence-electron chi connectivity index (χ3n) is 6.27. The number of aromatic amines is 1. The topological polar surface area (TPSA) is 153 Å². The fourth-order valence-electron chi connectivity index (χ4n) is 4.33. The molecule has 1 aromatic carbocycles. The van der Waals surface area contributed by atoms with Crippen LogP contribution in [0.25, 0.3) is 28.0 Å². The van der Waals surface area contributed by atoms with Gasteiger partial charge in [0.2, 0.25) is 5.89 Å². The molecule has 0 radical (unpaired) electrons. The van der Waals surface area contributed by atoms with Crippen LogP contribution < -0.4 is 16.6 Å². The van der Waals surface area contributed by atoms with Crippen LogP contribution in [0.1, 0.15) is 49.0 Å². The number of nitrogen functional groups attached to an aromatic ring is 1. The van der Waals surface area contributed by atoms with E-state index in [0.717, 1.165) is 23.9 Å². The summed E-state index contributed by atoms with van der Waals surface area (Å²) in [7, 11) is 0. The van der Waals surface area contributed by atoms with Crippen molar-refractivity contribution in [2.45, 2.75) is 38.6 Å². The maximum Gasteiger partial charge on any atom is 0.266 e. The standard InChI is InChI=1S/C24H22ClN9O2/c1-11(29-22-20(21(26)27-10-28-22)23-33-30-12(2)36-23)17-8-14-4-3-5-15(25)19(14)24(35)34(17)18-9-16(31-32-18)13-6-7-13/h3-5,8-11,13H,6-7H2,1-2H3,(H,31,32)(H3,26,27,28,29). The molecule has 12 heteroatoms. The highest BCUT2D eigenvalue weighted by Crippen LogP contribution is 2.39. The van der Waals surface area contributed by atoms with Crippen LogP contribution in [0, 0.1) is 6.92 Å². The third kappa shape index (κ3) is 3.77. The second-order valence-electron chi connectivity index (χ2n) is 8.84. The lowest BCUT2D eigenvalue weighted by Gasteiger charge is -2.21. The highest BCUT2D eigenvalue weighted by Gasteiger charge is 2.27. The van der Waals surface area contributed by atoms with Crippen molar-refractivity contribution in [3.63, 3.8) is 0 Å². The molecule has 1 fully saturated rings. The van der Waals surface area contributed by atoms with Gasteiger partial charge in [-0.25, -0.2) is 9.97 Å². The number of nitrogens with two attached hydrogens (primary N) is 1. The molecule has 0 aliphatic heterocycles. The van der Waals surface area contributed by atoms with Crippen LogP contribution in [-0.4, -0.2) is 34.9 Å². The zero-order valence-electron chi connectivity index (χ0n) is 19.5. The molecule has 1 aliphatic carbocycles. The van der Waals surface area contributed by atoms with E-state index in [2.05, 4.69) is 35.7 Å². The van der Waals surface area contributed by atoms with Gasteiger partial charge in [-0.2, -0.15) is 5.10 Å². The van der Waals surface area contributed by atoms with E-state index in [9.17, 15) is 4.79 Å². The molecule has 0 bridgehead atoms. The van der Waals surface area contributed by atoms with E-state index in [1.165, 1.54) is 6.33 Å². The fourth-order valence-corrected chi connectivity index (χ4v) is 4.60. The van der Waals surface area contributed by atoms with Crippen molar-refractivity contribution < 1.29 is 4.42 Å². The second-order valence-corrected chi connectivity index (χ2v) is 9.25. The number of halogens is 1. The number of fused-ring (bicyclic) bond motifs is 1. The van der Waals surface area contributed by atoms with E-state index in [-0.39, 0.29) is 17.3 Å². The summed E-state index contributed by atoms with van der Waals surface area (Å²) in [6, 6.07) is 8.81. The van der Waals surface area contributed by atoms with Gasteiger partial charge in [-0.05, 0) is 37.3 Å². The van der Waals surface area contributed by atoms with Gasteiger partial charge in [0.1, 0.15) is 23.5 Å². The number of nitrogens with one attached hydrogen (secondary N) is 2. The predicted octanol–water partition coefficient (Wildman–Crippen LogP) is 4.15. The molecule has 4 heterocycles. The summed E-state index contributed by atoms with van der Waals surface area (Å²) in [6.07, 6.45) is 3.57. The second kappa shape index (κ2) is 8.45. The van der Waals surface area contributed by atoms with Gasteiger partial charge in [0, 0.05) is 24.6 Å². The van der Waals surface area contributed by atoms with Crippen LogP contribution in [0.3, 0.4) is 0 Å². The van der Waals surface area contributed by atoms with Gasteiger partial charge >= 0.3 is 0 Å². The van der Waals surface area contributed by atoms with Crippen LogP contribution in [0.2, 0.25) is 5.02 Å². The van der Waals surface area contributed by atoms with Crippen molar-refractivity contribution in [2.24, 2.45) is 0 Å². The van der Waals surface area contributed by atoms with Crippen LogP contribution in [-0.2, 0) is 0 Å². The zero-order valence-corrected chi connectivity index (χ0v) is 20.2. The minimum absolute atomic E-state index is 0.187. The number of aryl methyl sites for hydroxylation is 1. The number of H-pyrrole nitrogens is 1. The van der Waals surface area contributed by atoms with Gasteiger partial charge in [-0.15, -0.1) is 10.2 Å². The molecule has 0 spiro atoms. The van der Waals surface area contributed by atoms with Crippen molar-refractivity contribution in [2.75, 3.05) is 11.1 Å². The van der Waals surface area contributed by atoms with Crippen LogP contribution in [0.4, 0.5) is 11.6 Å². The Hall–Kier alpha value is -4.25. The Labute approximate surface area is 209 Å². The molecular weight excluding hydrogens is 482 g/mol. The quantitative estimate of drug-likeness (QED) is 0.310. The van der Waals surface area contributed by atoms with Crippen molar-refractivity contribution in [1.82, 2.24) is 34.9 Å². The summed E-state index contributed by atoms with van der Waals surface area (Å²) in [6.45, 7) is 3.60. The number of rotatable bonds is 6. The number of nitrogens with zero attached hydrogens (tertiary/aromatic N) is 6. The molecule has 4 N–H and O–H groups in total. The highest BCUT2D eigenvalue weighted by atomic mass is 35.5. The van der Waals surface area contributed by atoms with Crippen LogP contribution in [0.5, 0.6) is 0 Å². The molecular formula is C24H22ClN9O2. The third-order valence-corrected chi connectivity index (χ3v) is 6.58. The first kappa shape index (κ1) is 22.2.